The van der Waals surface area contributed by atoms with Crippen molar-refractivity contribution in [2.75, 3.05) is 0 Å². The van der Waals surface area contributed by atoms with Crippen LogP contribution in [-0.4, -0.2) is 4.98 Å². The lowest BCUT2D eigenvalue weighted by Crippen LogP contribution is -2.32. The van der Waals surface area contributed by atoms with E-state index in [2.05, 4.69) is 42.8 Å². The van der Waals surface area contributed by atoms with Crippen molar-refractivity contribution >= 4 is 0 Å². The molecule has 0 aliphatic carbocycles. The minimum atomic E-state index is 0.726. The first-order valence-electron chi connectivity index (χ1n) is 12.8. The smallest absolute Gasteiger partial charge is 0.247 e. The predicted molar refractivity (Wildman–Crippen MR) is 124 cm³/mol. The van der Waals surface area contributed by atoms with Crippen LogP contribution in [0.2, 0.25) is 0 Å². The van der Waals surface area contributed by atoms with Crippen molar-refractivity contribution in [1.29, 1.82) is 0 Å². The predicted octanol–water partition coefficient (Wildman–Crippen LogP) is 8.37. The number of H-pyrrole nitrogens is 1. The van der Waals surface area contributed by atoms with Crippen molar-refractivity contribution in [3.63, 3.8) is 0 Å². The van der Waals surface area contributed by atoms with Crippen LogP contribution >= 0.6 is 0 Å². The fraction of sp³-hybridized carbons (Fsp3) is 0.885. The summed E-state index contributed by atoms with van der Waals surface area (Å²) in [5.41, 5.74) is 0. The third kappa shape index (κ3) is 12.6. The first-order valence-corrected chi connectivity index (χ1v) is 12.8. The van der Waals surface area contributed by atoms with Crippen LogP contribution in [0, 0.1) is 0 Å². The Morgan fingerprint density at radius 2 is 1.04 bits per heavy atom. The van der Waals surface area contributed by atoms with Gasteiger partial charge in [0.05, 0.1) is 13.0 Å². The molecular formula is C26H51N2+. The number of aromatic amines is 1. The van der Waals surface area contributed by atoms with E-state index in [1.165, 1.54) is 128 Å². The largest absolute Gasteiger partial charge is 0.257 e. The molecule has 0 aliphatic rings. The summed E-state index contributed by atoms with van der Waals surface area (Å²) < 4.78 is 2.29. The SMILES string of the molecule is CCCCCCCCCCCCCCCC[C@H](CCCCC)c1[nH]cc[n+]1C. The van der Waals surface area contributed by atoms with Gasteiger partial charge in [0.2, 0.25) is 0 Å². The normalized spacial score (nSPS) is 12.5. The fourth-order valence-corrected chi connectivity index (χ4v) is 4.47. The molecule has 0 bridgehead atoms. The number of nitrogens with one attached hydrogen (secondary N) is 1. The molecule has 0 fully saturated rings. The Morgan fingerprint density at radius 3 is 1.46 bits per heavy atom. The van der Waals surface area contributed by atoms with E-state index in [4.69, 9.17) is 0 Å². The van der Waals surface area contributed by atoms with Gasteiger partial charge in [0, 0.05) is 0 Å². The molecule has 1 aromatic heterocycles. The Kier molecular flexibility index (Phi) is 16.5. The van der Waals surface area contributed by atoms with Crippen molar-refractivity contribution < 1.29 is 4.57 Å². The van der Waals surface area contributed by atoms with Gasteiger partial charge in [0.25, 0.3) is 5.82 Å². The molecule has 28 heavy (non-hydrogen) atoms. The van der Waals surface area contributed by atoms with Gasteiger partial charge >= 0.3 is 0 Å². The van der Waals surface area contributed by atoms with Crippen LogP contribution in [0.15, 0.2) is 12.4 Å². The summed E-state index contributed by atoms with van der Waals surface area (Å²) >= 11 is 0. The second kappa shape index (κ2) is 18.3. The van der Waals surface area contributed by atoms with E-state index in [1.54, 1.807) is 0 Å². The van der Waals surface area contributed by atoms with E-state index in [0.29, 0.717) is 0 Å². The van der Waals surface area contributed by atoms with Gasteiger partial charge in [-0.15, -0.1) is 0 Å². The van der Waals surface area contributed by atoms with Crippen LogP contribution in [-0.2, 0) is 7.05 Å². The molecular weight excluding hydrogens is 340 g/mol. The molecule has 1 heterocycles. The molecule has 0 aliphatic heterocycles. The minimum Gasteiger partial charge on any atom is -0.247 e. The highest BCUT2D eigenvalue weighted by molar-refractivity contribution is 4.89. The molecule has 1 N–H and O–H groups in total. The van der Waals surface area contributed by atoms with Crippen LogP contribution in [0.3, 0.4) is 0 Å². The lowest BCUT2D eigenvalue weighted by Gasteiger charge is -2.13. The number of unbranched alkanes of at least 4 members (excludes halogenated alkanes) is 15. The highest BCUT2D eigenvalue weighted by atomic mass is 15.0. The zero-order valence-corrected chi connectivity index (χ0v) is 19.6. The summed E-state index contributed by atoms with van der Waals surface area (Å²) in [6, 6.07) is 0. The molecule has 0 unspecified atom stereocenters. The van der Waals surface area contributed by atoms with Gasteiger partial charge in [-0.05, 0) is 12.8 Å². The van der Waals surface area contributed by atoms with E-state index < -0.39 is 0 Å². The number of imidazole rings is 1. The number of rotatable bonds is 20. The van der Waals surface area contributed by atoms with Crippen molar-refractivity contribution in [3.8, 4) is 0 Å². The van der Waals surface area contributed by atoms with Crippen LogP contribution in [0.4, 0.5) is 0 Å². The molecule has 1 aromatic rings. The second-order valence-electron chi connectivity index (χ2n) is 9.03. The third-order valence-corrected chi connectivity index (χ3v) is 6.36. The summed E-state index contributed by atoms with van der Waals surface area (Å²) in [4.78, 5) is 3.49. The fourth-order valence-electron chi connectivity index (χ4n) is 4.47. The summed E-state index contributed by atoms with van der Waals surface area (Å²) in [7, 11) is 2.18. The Hall–Kier alpha value is -0.790. The van der Waals surface area contributed by atoms with Gasteiger partial charge in [-0.1, -0.05) is 123 Å². The maximum atomic E-state index is 3.49. The van der Waals surface area contributed by atoms with Gasteiger partial charge < -0.3 is 0 Å². The number of nitrogens with zero attached hydrogens (tertiary/aromatic N) is 1. The standard InChI is InChI=1S/C26H50N2/c1-4-6-8-9-10-11-12-13-14-15-16-17-18-20-22-25(21-19-7-5-2)26-27-23-24-28(26)3/h23-25H,4-22H2,1-3H3/p+1/t25-/m0/s1. The molecule has 0 radical (unpaired) electrons. The number of aromatic nitrogens is 2. The van der Waals surface area contributed by atoms with Crippen molar-refractivity contribution in [3.05, 3.63) is 18.2 Å². The van der Waals surface area contributed by atoms with Crippen molar-refractivity contribution in [1.82, 2.24) is 4.98 Å². The molecule has 2 nitrogen and oxygen atoms in total. The number of aryl methyl sites for hydroxylation is 1. The Labute approximate surface area is 176 Å². The van der Waals surface area contributed by atoms with Gasteiger partial charge in [0.1, 0.15) is 12.4 Å². The van der Waals surface area contributed by atoms with E-state index in [-0.39, 0.29) is 0 Å². The number of hydrogen-bond donors (Lipinski definition) is 1. The molecule has 164 valence electrons. The summed E-state index contributed by atoms with van der Waals surface area (Å²) in [6.45, 7) is 4.60. The van der Waals surface area contributed by atoms with E-state index in [0.717, 1.165) is 5.92 Å². The first-order chi connectivity index (χ1) is 13.8. The molecule has 0 amide bonds. The minimum absolute atomic E-state index is 0.726. The summed E-state index contributed by atoms with van der Waals surface area (Å²) in [6.07, 6.45) is 31.3. The van der Waals surface area contributed by atoms with Gasteiger partial charge in [-0.25, -0.2) is 9.55 Å². The van der Waals surface area contributed by atoms with Crippen LogP contribution < -0.4 is 4.57 Å². The van der Waals surface area contributed by atoms with E-state index >= 15 is 0 Å². The maximum absolute atomic E-state index is 3.49. The monoisotopic (exact) mass is 391 g/mol. The Bertz CT molecular complexity index is 437. The summed E-state index contributed by atoms with van der Waals surface area (Å²) in [5, 5.41) is 0. The zero-order valence-electron chi connectivity index (χ0n) is 19.6. The first kappa shape index (κ1) is 25.2. The zero-order chi connectivity index (χ0) is 20.3. The molecule has 1 rings (SSSR count). The molecule has 0 aromatic carbocycles. The molecule has 0 saturated carbocycles. The van der Waals surface area contributed by atoms with Gasteiger partial charge in [0.15, 0.2) is 0 Å². The molecule has 1 atom stereocenters. The van der Waals surface area contributed by atoms with Gasteiger partial charge in [-0.3, -0.25) is 0 Å². The van der Waals surface area contributed by atoms with Crippen LogP contribution in [0.25, 0.3) is 0 Å². The topological polar surface area (TPSA) is 19.7 Å². The Morgan fingerprint density at radius 1 is 0.643 bits per heavy atom. The number of hydrogen-bond acceptors (Lipinski definition) is 0. The van der Waals surface area contributed by atoms with Crippen molar-refractivity contribution in [2.45, 2.75) is 142 Å². The lowest BCUT2D eigenvalue weighted by atomic mass is 9.93. The van der Waals surface area contributed by atoms with E-state index in [1.807, 2.05) is 0 Å². The maximum Gasteiger partial charge on any atom is 0.257 e. The van der Waals surface area contributed by atoms with E-state index in [9.17, 15) is 0 Å². The molecule has 0 spiro atoms. The highest BCUT2D eigenvalue weighted by Crippen LogP contribution is 2.25. The second-order valence-corrected chi connectivity index (χ2v) is 9.03. The average molecular weight is 392 g/mol. The molecule has 0 saturated heterocycles. The van der Waals surface area contributed by atoms with Crippen molar-refractivity contribution in [2.24, 2.45) is 7.05 Å². The highest BCUT2D eigenvalue weighted by Gasteiger charge is 2.20. The Balaban J connectivity index is 1.98. The van der Waals surface area contributed by atoms with Gasteiger partial charge in [-0.2, -0.15) is 0 Å². The van der Waals surface area contributed by atoms with Crippen LogP contribution in [0.5, 0.6) is 0 Å². The molecule has 2 heteroatoms. The quantitative estimate of drug-likeness (QED) is 0.170. The summed E-state index contributed by atoms with van der Waals surface area (Å²) in [5.74, 6) is 2.16. The third-order valence-electron chi connectivity index (χ3n) is 6.36. The average Bonchev–Trinajstić information content (AvgIpc) is 3.12. The van der Waals surface area contributed by atoms with Crippen LogP contribution in [0.1, 0.15) is 148 Å². The lowest BCUT2D eigenvalue weighted by molar-refractivity contribution is -0.679.